The molecule has 84 valence electrons. The highest BCUT2D eigenvalue weighted by molar-refractivity contribution is 5.28. The van der Waals surface area contributed by atoms with Crippen molar-refractivity contribution in [3.8, 4) is 5.75 Å². The zero-order valence-electron chi connectivity index (χ0n) is 9.60. The molecule has 1 aromatic rings. The van der Waals surface area contributed by atoms with Gasteiger partial charge in [0.25, 0.3) is 0 Å². The molecule has 1 N–H and O–H groups in total. The molecule has 0 spiro atoms. The second-order valence-corrected chi connectivity index (χ2v) is 3.90. The lowest BCUT2D eigenvalue weighted by atomic mass is 10.1. The van der Waals surface area contributed by atoms with E-state index in [1.807, 2.05) is 38.4 Å². The molecule has 1 unspecified atom stereocenters. The molecule has 0 amide bonds. The highest BCUT2D eigenvalue weighted by atomic mass is 16.5. The first-order chi connectivity index (χ1) is 7.09. The van der Waals surface area contributed by atoms with Crippen molar-refractivity contribution in [1.29, 1.82) is 0 Å². The number of likely N-dealkylation sites (N-methyl/N-ethyl adjacent to an activating group) is 1. The highest BCUT2D eigenvalue weighted by Crippen LogP contribution is 2.16. The molecule has 3 heteroatoms. The maximum absolute atomic E-state index is 9.32. The molecule has 1 atom stereocenters. The van der Waals surface area contributed by atoms with Crippen LogP contribution >= 0.6 is 0 Å². The molecule has 0 radical (unpaired) electrons. The van der Waals surface area contributed by atoms with Gasteiger partial charge in [0.1, 0.15) is 12.4 Å². The third-order valence-electron chi connectivity index (χ3n) is 2.17. The molecular weight excluding hydrogens is 190 g/mol. The van der Waals surface area contributed by atoms with Gasteiger partial charge in [0.05, 0.1) is 6.10 Å². The van der Waals surface area contributed by atoms with Crippen LogP contribution in [0.2, 0.25) is 0 Å². The average molecular weight is 209 g/mol. The van der Waals surface area contributed by atoms with E-state index >= 15 is 0 Å². The average Bonchev–Trinajstić information content (AvgIpc) is 2.18. The topological polar surface area (TPSA) is 32.7 Å². The van der Waals surface area contributed by atoms with Gasteiger partial charge in [-0.05, 0) is 38.7 Å². The lowest BCUT2D eigenvalue weighted by Crippen LogP contribution is -2.19. The molecule has 0 bridgehead atoms. The van der Waals surface area contributed by atoms with Crippen molar-refractivity contribution in [1.82, 2.24) is 4.90 Å². The van der Waals surface area contributed by atoms with Gasteiger partial charge in [-0.3, -0.25) is 0 Å². The van der Waals surface area contributed by atoms with E-state index in [0.29, 0.717) is 6.61 Å². The molecule has 0 saturated heterocycles. The zero-order valence-corrected chi connectivity index (χ0v) is 9.60. The Balaban J connectivity index is 2.43. The molecule has 0 aliphatic heterocycles. The first kappa shape index (κ1) is 12.0. The molecule has 0 aliphatic carbocycles. The Kier molecular flexibility index (Phi) is 4.59. The van der Waals surface area contributed by atoms with Gasteiger partial charge in [-0.25, -0.2) is 0 Å². The first-order valence-corrected chi connectivity index (χ1v) is 5.15. The third kappa shape index (κ3) is 4.32. The Hall–Kier alpha value is -1.06. The minimum atomic E-state index is -0.416. The van der Waals surface area contributed by atoms with Crippen LogP contribution in [0.1, 0.15) is 18.6 Å². The minimum absolute atomic E-state index is 0.416. The van der Waals surface area contributed by atoms with E-state index < -0.39 is 6.10 Å². The van der Waals surface area contributed by atoms with Crippen molar-refractivity contribution >= 4 is 0 Å². The third-order valence-corrected chi connectivity index (χ3v) is 2.17. The summed E-state index contributed by atoms with van der Waals surface area (Å²) < 4.78 is 5.53. The molecule has 0 fully saturated rings. The number of ether oxygens (including phenoxy) is 1. The van der Waals surface area contributed by atoms with Crippen molar-refractivity contribution in [2.24, 2.45) is 0 Å². The molecule has 0 aliphatic rings. The second kappa shape index (κ2) is 5.73. The normalized spacial score (nSPS) is 12.9. The van der Waals surface area contributed by atoms with Gasteiger partial charge < -0.3 is 14.7 Å². The largest absolute Gasteiger partial charge is 0.492 e. The number of rotatable bonds is 5. The lowest BCUT2D eigenvalue weighted by Gasteiger charge is -2.11. The van der Waals surface area contributed by atoms with Crippen molar-refractivity contribution in [3.05, 3.63) is 29.8 Å². The fourth-order valence-corrected chi connectivity index (χ4v) is 1.19. The number of benzene rings is 1. The summed E-state index contributed by atoms with van der Waals surface area (Å²) in [6.45, 7) is 3.33. The standard InChI is InChI=1S/C12H19NO2/c1-10(14)11-4-6-12(7-5-11)15-9-8-13(2)3/h4-7,10,14H,8-9H2,1-3H3. The van der Waals surface area contributed by atoms with Gasteiger partial charge in [-0.1, -0.05) is 12.1 Å². The van der Waals surface area contributed by atoms with Crippen LogP contribution in [0, 0.1) is 0 Å². The highest BCUT2D eigenvalue weighted by Gasteiger charge is 2.00. The Bertz CT molecular complexity index is 280. The number of hydrogen-bond donors (Lipinski definition) is 1. The van der Waals surface area contributed by atoms with Crippen molar-refractivity contribution in [2.75, 3.05) is 27.2 Å². The molecule has 0 heterocycles. The molecule has 3 nitrogen and oxygen atoms in total. The maximum Gasteiger partial charge on any atom is 0.119 e. The van der Waals surface area contributed by atoms with Crippen LogP contribution in [0.15, 0.2) is 24.3 Å². The second-order valence-electron chi connectivity index (χ2n) is 3.90. The molecule has 0 aromatic heterocycles. The Morgan fingerprint density at radius 2 is 1.87 bits per heavy atom. The predicted octanol–water partition coefficient (Wildman–Crippen LogP) is 1.68. The van der Waals surface area contributed by atoms with Gasteiger partial charge in [-0.15, -0.1) is 0 Å². The smallest absolute Gasteiger partial charge is 0.119 e. The van der Waals surface area contributed by atoms with Crippen molar-refractivity contribution < 1.29 is 9.84 Å². The maximum atomic E-state index is 9.32. The Morgan fingerprint density at radius 3 is 2.33 bits per heavy atom. The number of aliphatic hydroxyl groups is 1. The van der Waals surface area contributed by atoms with E-state index in [1.165, 1.54) is 0 Å². The lowest BCUT2D eigenvalue weighted by molar-refractivity contribution is 0.199. The van der Waals surface area contributed by atoms with Crippen LogP contribution in [0.3, 0.4) is 0 Å². The van der Waals surface area contributed by atoms with Crippen LogP contribution in [0.25, 0.3) is 0 Å². The molecule has 1 aromatic carbocycles. The van der Waals surface area contributed by atoms with E-state index in [-0.39, 0.29) is 0 Å². The number of hydrogen-bond acceptors (Lipinski definition) is 3. The zero-order chi connectivity index (χ0) is 11.3. The number of nitrogens with zero attached hydrogens (tertiary/aromatic N) is 1. The van der Waals surface area contributed by atoms with Crippen LogP contribution in [-0.4, -0.2) is 37.3 Å². The minimum Gasteiger partial charge on any atom is -0.492 e. The summed E-state index contributed by atoms with van der Waals surface area (Å²) in [7, 11) is 4.03. The Labute approximate surface area is 91.3 Å². The van der Waals surface area contributed by atoms with E-state index in [4.69, 9.17) is 4.74 Å². The van der Waals surface area contributed by atoms with E-state index in [2.05, 4.69) is 4.90 Å². The Morgan fingerprint density at radius 1 is 1.27 bits per heavy atom. The summed E-state index contributed by atoms with van der Waals surface area (Å²) in [5, 5.41) is 9.32. The quantitative estimate of drug-likeness (QED) is 0.801. The van der Waals surface area contributed by atoms with Crippen LogP contribution in [-0.2, 0) is 0 Å². The molecule has 1 rings (SSSR count). The fraction of sp³-hybridized carbons (Fsp3) is 0.500. The summed E-state index contributed by atoms with van der Waals surface area (Å²) in [5.41, 5.74) is 0.912. The summed E-state index contributed by atoms with van der Waals surface area (Å²) in [5.74, 6) is 0.848. The van der Waals surface area contributed by atoms with Gasteiger partial charge in [0, 0.05) is 6.54 Å². The van der Waals surface area contributed by atoms with Crippen LogP contribution < -0.4 is 4.74 Å². The van der Waals surface area contributed by atoms with Gasteiger partial charge in [0.2, 0.25) is 0 Å². The molecular formula is C12H19NO2. The monoisotopic (exact) mass is 209 g/mol. The summed E-state index contributed by atoms with van der Waals surface area (Å²) in [4.78, 5) is 2.07. The summed E-state index contributed by atoms with van der Waals surface area (Å²) in [6, 6.07) is 7.54. The molecule has 0 saturated carbocycles. The van der Waals surface area contributed by atoms with E-state index in [9.17, 15) is 5.11 Å². The van der Waals surface area contributed by atoms with Crippen molar-refractivity contribution in [2.45, 2.75) is 13.0 Å². The van der Waals surface area contributed by atoms with E-state index in [1.54, 1.807) is 6.92 Å². The van der Waals surface area contributed by atoms with Gasteiger partial charge in [0.15, 0.2) is 0 Å². The van der Waals surface area contributed by atoms with Crippen LogP contribution in [0.5, 0.6) is 5.75 Å². The van der Waals surface area contributed by atoms with Crippen LogP contribution in [0.4, 0.5) is 0 Å². The van der Waals surface area contributed by atoms with Crippen molar-refractivity contribution in [3.63, 3.8) is 0 Å². The van der Waals surface area contributed by atoms with Gasteiger partial charge >= 0.3 is 0 Å². The SMILES string of the molecule is CC(O)c1ccc(OCCN(C)C)cc1. The summed E-state index contributed by atoms with van der Waals surface area (Å²) >= 11 is 0. The predicted molar refractivity (Wildman–Crippen MR) is 61.1 cm³/mol. The first-order valence-electron chi connectivity index (χ1n) is 5.15. The molecule has 15 heavy (non-hydrogen) atoms. The summed E-state index contributed by atoms with van der Waals surface area (Å²) in [6.07, 6.45) is -0.416. The van der Waals surface area contributed by atoms with E-state index in [0.717, 1.165) is 17.9 Å². The fourth-order valence-electron chi connectivity index (χ4n) is 1.19. The number of aliphatic hydroxyl groups excluding tert-OH is 1. The van der Waals surface area contributed by atoms with Gasteiger partial charge in [-0.2, -0.15) is 0 Å².